The first-order valence-corrected chi connectivity index (χ1v) is 33.3. The molecule has 0 aromatic heterocycles. The van der Waals surface area contributed by atoms with E-state index in [1.165, 1.54) is 6.92 Å². The lowest BCUT2D eigenvalue weighted by molar-refractivity contribution is -0.106. The van der Waals surface area contributed by atoms with E-state index in [4.69, 9.17) is 131 Å². The quantitative estimate of drug-likeness (QED) is 0.0789. The molecule has 31 nitrogen and oxygen atoms in total. The Morgan fingerprint density at radius 2 is 1.03 bits per heavy atom. The number of aliphatic hydroxyl groups excluding tert-OH is 18. The lowest BCUT2D eigenvalue weighted by Gasteiger charge is -2.23. The third kappa shape index (κ3) is 29.0. The molecule has 0 spiro atoms. The molecule has 10 aliphatic rings. The van der Waals surface area contributed by atoms with Crippen LogP contribution < -0.4 is 0 Å². The molecule has 35 heteroatoms. The van der Waals surface area contributed by atoms with Crippen LogP contribution in [0.1, 0.15) is 96.4 Å². The van der Waals surface area contributed by atoms with Crippen LogP contribution in [-0.2, 0) is 52.1 Å². The van der Waals surface area contributed by atoms with E-state index in [-0.39, 0.29) is 114 Å². The van der Waals surface area contributed by atoms with Crippen molar-refractivity contribution in [1.82, 2.24) is 0 Å². The van der Waals surface area contributed by atoms with Gasteiger partial charge in [-0.15, -0.1) is 18.2 Å². The van der Waals surface area contributed by atoms with Crippen LogP contribution >= 0.6 is 11.8 Å². The Balaban J connectivity index is 0.00000108. The molecule has 0 aromatic rings. The average molecular weight is 1470 g/mol. The number of rotatable bonds is 9. The molecule has 10 saturated heterocycles. The van der Waals surface area contributed by atoms with E-state index in [1.54, 1.807) is 60.2 Å². The lowest BCUT2D eigenvalue weighted by atomic mass is 9.92. The summed E-state index contributed by atoms with van der Waals surface area (Å²) < 4.78 is 92.8. The van der Waals surface area contributed by atoms with Gasteiger partial charge in [-0.05, 0) is 94.6 Å². The molecule has 584 valence electrons. The Morgan fingerprint density at radius 3 is 1.26 bits per heavy atom. The van der Waals surface area contributed by atoms with Gasteiger partial charge in [-0.25, -0.2) is 13.2 Å². The van der Waals surface area contributed by atoms with Crippen LogP contribution in [0.2, 0.25) is 0 Å². The summed E-state index contributed by atoms with van der Waals surface area (Å²) in [6, 6.07) is 1.94. The second-order valence-corrected chi connectivity index (χ2v) is 25.7. The SMILES string of the molecule is C.C#C[C@@]1(O)[C@@H](CO)O[C@@H](C)[C@@H]1O.C=C1[C@H](C)O[C@H](CO)[C@H]1O.C[C@@H]1CS[C@H](CO)O1.C[C@@H]1O[C@H](C)[C@@H](O)[C@H]1O.C[C@@H]1O[C@H](CO)[C@@H](O)/C1=C\F.C[C@@H]1O[C@H](CO)[C@@H](O)C1(F)F.C[C@@H]1O[C@H](CO)[C@@H](O)[C@@H]1C#N.C[C@@H]1O[C@H](CO)[C@@H](O)[C@@H]1O.C[C@H]1CC[C@@H](CO)O1.C[C@H]1CO[C@@H](CO)O1. The maximum atomic E-state index is 12.7. The Labute approximate surface area is 582 Å². The van der Waals surface area contributed by atoms with Crippen LogP contribution in [0.15, 0.2) is 24.1 Å². The molecule has 31 atom stereocenters. The number of halogens is 3. The normalized spacial score (nSPS) is 43.0. The minimum Gasteiger partial charge on any atom is -0.394 e. The molecule has 10 rings (SSSR count). The summed E-state index contributed by atoms with van der Waals surface area (Å²) in [4.78, 5) is 0. The number of terminal acetylenes is 1. The molecule has 10 aliphatic heterocycles. The summed E-state index contributed by atoms with van der Waals surface area (Å²) >= 11 is 1.68. The molecule has 19 N–H and O–H groups in total. The molecular weight excluding hydrogens is 1350 g/mol. The van der Waals surface area contributed by atoms with Crippen LogP contribution in [0, 0.1) is 29.6 Å². The number of thioether (sulfide) groups is 1. The summed E-state index contributed by atoms with van der Waals surface area (Å²) in [5.74, 6) is -0.689. The number of aliphatic hydroxyl groups is 19. The van der Waals surface area contributed by atoms with Gasteiger partial charge in [0.2, 0.25) is 0 Å². The largest absolute Gasteiger partial charge is 0.394 e. The van der Waals surface area contributed by atoms with E-state index in [2.05, 4.69) is 11.3 Å². The molecule has 10 fully saturated rings. The molecule has 0 amide bonds. The molecule has 10 heterocycles. The van der Waals surface area contributed by atoms with Gasteiger partial charge in [0.05, 0.1) is 146 Å². The average Bonchev–Trinajstić information content (AvgIpc) is 1.65. The molecule has 0 unspecified atom stereocenters. The van der Waals surface area contributed by atoms with Crippen molar-refractivity contribution >= 4 is 11.8 Å². The maximum Gasteiger partial charge on any atom is 0.301 e. The van der Waals surface area contributed by atoms with Crippen LogP contribution in [0.3, 0.4) is 0 Å². The van der Waals surface area contributed by atoms with Crippen molar-refractivity contribution in [1.29, 1.82) is 5.26 Å². The number of nitriles is 1. The highest BCUT2D eigenvalue weighted by atomic mass is 32.2. The first-order valence-electron chi connectivity index (χ1n) is 32.2. The zero-order chi connectivity index (χ0) is 75.3. The van der Waals surface area contributed by atoms with E-state index in [9.17, 15) is 38.7 Å². The third-order valence-corrected chi connectivity index (χ3v) is 18.1. The van der Waals surface area contributed by atoms with Crippen LogP contribution in [-0.4, -0.2) is 357 Å². The van der Waals surface area contributed by atoms with E-state index < -0.39 is 141 Å². The van der Waals surface area contributed by atoms with Gasteiger partial charge in [0.15, 0.2) is 11.9 Å². The number of hydrogen-bond donors (Lipinski definition) is 19. The molecule has 0 aliphatic carbocycles. The lowest BCUT2D eigenvalue weighted by Crippen LogP contribution is -2.47. The Hall–Kier alpha value is -2.53. The van der Waals surface area contributed by atoms with Crippen molar-refractivity contribution in [2.45, 2.75) is 284 Å². The third-order valence-electron chi connectivity index (χ3n) is 16.8. The zero-order valence-corrected chi connectivity index (χ0v) is 58.2. The second kappa shape index (κ2) is 47.8. The molecular formula is C64H116F3NO30S. The van der Waals surface area contributed by atoms with Gasteiger partial charge < -0.3 is 149 Å². The fourth-order valence-electron chi connectivity index (χ4n) is 10.4. The molecule has 0 bridgehead atoms. The minimum atomic E-state index is -3.24. The topological polar surface area (TPSA) is 510 Å². The van der Waals surface area contributed by atoms with E-state index in [1.807, 2.05) is 32.8 Å². The number of hydrogen-bond acceptors (Lipinski definition) is 32. The minimum absolute atomic E-state index is 0. The maximum absolute atomic E-state index is 12.7. The fraction of sp³-hybridized carbons (Fsp3) is 0.891. The van der Waals surface area contributed by atoms with Crippen molar-refractivity contribution in [2.75, 3.05) is 71.8 Å². The van der Waals surface area contributed by atoms with E-state index in [0.717, 1.165) is 18.6 Å². The van der Waals surface area contributed by atoms with Crippen molar-refractivity contribution in [3.8, 4) is 18.4 Å². The summed E-state index contributed by atoms with van der Waals surface area (Å²) in [5, 5.41) is 178. The molecule has 0 radical (unpaired) electrons. The van der Waals surface area contributed by atoms with Crippen LogP contribution in [0.5, 0.6) is 0 Å². The summed E-state index contributed by atoms with van der Waals surface area (Å²) in [6.45, 7) is 21.6. The predicted octanol–water partition coefficient (Wildman–Crippen LogP) is -3.43. The summed E-state index contributed by atoms with van der Waals surface area (Å²) in [6.07, 6.45) is -8.66. The van der Waals surface area contributed by atoms with Gasteiger partial charge in [0, 0.05) is 11.3 Å². The zero-order valence-electron chi connectivity index (χ0n) is 57.4. The van der Waals surface area contributed by atoms with E-state index in [0.29, 0.717) is 30.7 Å². The van der Waals surface area contributed by atoms with Gasteiger partial charge in [-0.2, -0.15) is 5.26 Å². The predicted molar refractivity (Wildman–Crippen MR) is 347 cm³/mol. The van der Waals surface area contributed by atoms with Crippen LogP contribution in [0.4, 0.5) is 13.2 Å². The van der Waals surface area contributed by atoms with Crippen molar-refractivity contribution in [3.63, 3.8) is 0 Å². The van der Waals surface area contributed by atoms with Gasteiger partial charge >= 0.3 is 5.92 Å². The first kappa shape index (κ1) is 96.5. The highest BCUT2D eigenvalue weighted by molar-refractivity contribution is 8.00. The van der Waals surface area contributed by atoms with Crippen molar-refractivity contribution < 1.29 is 162 Å². The second-order valence-electron chi connectivity index (χ2n) is 24.5. The highest BCUT2D eigenvalue weighted by Crippen LogP contribution is 2.36. The number of ether oxygens (including phenoxy) is 11. The van der Waals surface area contributed by atoms with Gasteiger partial charge in [0.1, 0.15) is 109 Å². The fourth-order valence-corrected chi connectivity index (χ4v) is 11.3. The number of alkyl halides is 2. The Morgan fingerprint density at radius 1 is 0.525 bits per heavy atom. The summed E-state index contributed by atoms with van der Waals surface area (Å²) in [5.41, 5.74) is -0.859. The highest BCUT2D eigenvalue weighted by Gasteiger charge is 2.56. The Bertz CT molecular complexity index is 2250. The monoisotopic (exact) mass is 1470 g/mol. The molecule has 0 aromatic carbocycles. The van der Waals surface area contributed by atoms with Crippen molar-refractivity contribution in [2.24, 2.45) is 5.92 Å². The smallest absolute Gasteiger partial charge is 0.301 e. The molecule has 0 saturated carbocycles. The first-order chi connectivity index (χ1) is 45.9. The van der Waals surface area contributed by atoms with E-state index >= 15 is 0 Å². The molecule has 99 heavy (non-hydrogen) atoms. The van der Waals surface area contributed by atoms with Gasteiger partial charge in [0.25, 0.3) is 0 Å². The van der Waals surface area contributed by atoms with Crippen molar-refractivity contribution in [3.05, 3.63) is 24.1 Å². The van der Waals surface area contributed by atoms with Gasteiger partial charge in [-0.1, -0.05) is 19.9 Å². The number of nitrogens with zero attached hydrogens (tertiary/aromatic N) is 1. The van der Waals surface area contributed by atoms with Crippen LogP contribution in [0.25, 0.3) is 0 Å². The standard InChI is InChI=1S/C8H12O4.C7H11FO3.C7H11NO3.C7H12O3.C6H10F2O3.C6H12O4.C6H12O3.C6H12O2.C5H10O3.C5H10O2S.CH4/c1-3-8(11)6(4-9)12-5(2)7(8)10;2*1-4-5(2-8)7(10)6(3-9)11-4;1-4-5(2)10-6(3-8)7(4)9;1-3-6(7,8)5(10)4(2-9)11-3;1-3-5(8)6(9)4(2-7)10-3;1-3-5(7)6(8)4(2)9-3;1-5-2-3-6(4-7)8-5;1-4-3-7-5(2-6)8-4;1-4-3-8-5(2-6)7-4;/h1,5-7,9-11H,4H2,2H3;2,4,6-7,9-10H,3H2,1H3;4-7,9-10H,3H2,1H3;5-9H,1,3H2,2H3;3-5,9-10H,2H2,1H3;3-9H,2H2,1H3;3-8H,1-2H3;5-7H,2-4H2,1H3;2*4-6H,2-3H2,1H3;1H4/b;5-2-;;;;;;;;;/t5-,6+,7-,8+;4-,6+,7-;4-,5+,6+,7-;5-,6+,7-;3-,4+,5+;3-,4+,5+,6+;3-,4+,5-,6+;5-,6-;4-,5+;4-,5-;/m000000.001./s1. The Kier molecular flexibility index (Phi) is 46.6. The summed E-state index contributed by atoms with van der Waals surface area (Å²) in [7, 11) is 0. The van der Waals surface area contributed by atoms with Gasteiger partial charge in [-0.3, -0.25) is 0 Å².